The summed E-state index contributed by atoms with van der Waals surface area (Å²) in [5, 5.41) is 4.50. The Balaban J connectivity index is 2.76. The molecule has 0 fully saturated rings. The van der Waals surface area contributed by atoms with E-state index in [4.69, 9.17) is 10.5 Å². The average Bonchev–Trinajstić information content (AvgIpc) is 2.62. The summed E-state index contributed by atoms with van der Waals surface area (Å²) in [6, 6.07) is 2.04. The lowest BCUT2D eigenvalue weighted by atomic mass is 9.95. The molecule has 0 aliphatic rings. The van der Waals surface area contributed by atoms with Crippen molar-refractivity contribution in [3.63, 3.8) is 0 Å². The van der Waals surface area contributed by atoms with Crippen LogP contribution in [0.3, 0.4) is 0 Å². The summed E-state index contributed by atoms with van der Waals surface area (Å²) in [5.74, 6) is 1.53. The van der Waals surface area contributed by atoms with Crippen molar-refractivity contribution in [2.75, 3.05) is 12.8 Å². The van der Waals surface area contributed by atoms with E-state index in [1.54, 1.807) is 11.8 Å². The van der Waals surface area contributed by atoms with Gasteiger partial charge in [0.2, 0.25) is 0 Å². The van der Waals surface area contributed by atoms with E-state index in [1.807, 2.05) is 13.1 Å². The van der Waals surface area contributed by atoms with Gasteiger partial charge in [0.05, 0.1) is 11.6 Å². The average molecular weight is 324 g/mol. The summed E-state index contributed by atoms with van der Waals surface area (Å²) in [7, 11) is 3.53. The van der Waals surface area contributed by atoms with Gasteiger partial charge >= 0.3 is 0 Å². The topological polar surface area (TPSA) is 53.1 Å². The summed E-state index contributed by atoms with van der Waals surface area (Å²) in [5.41, 5.74) is 11.4. The number of benzene rings is 1. The molecule has 0 saturated carbocycles. The predicted molar refractivity (Wildman–Crippen MR) is 81.5 cm³/mol. The molecule has 2 rings (SSSR count). The number of ether oxygens (including phenoxy) is 1. The van der Waals surface area contributed by atoms with Crippen LogP contribution in [0.5, 0.6) is 5.75 Å². The van der Waals surface area contributed by atoms with E-state index in [0.717, 1.165) is 38.2 Å². The van der Waals surface area contributed by atoms with Crippen LogP contribution < -0.4 is 10.5 Å². The van der Waals surface area contributed by atoms with Gasteiger partial charge < -0.3 is 10.5 Å². The highest BCUT2D eigenvalue weighted by atomic mass is 79.9. The number of nitrogens with two attached hydrogens (primary N) is 1. The first-order valence-corrected chi connectivity index (χ1v) is 6.80. The summed E-state index contributed by atoms with van der Waals surface area (Å²) < 4.78 is 7.91. The van der Waals surface area contributed by atoms with E-state index in [1.165, 1.54) is 0 Å². The molecule has 0 atom stereocenters. The van der Waals surface area contributed by atoms with Gasteiger partial charge in [-0.3, -0.25) is 4.68 Å². The molecular weight excluding hydrogens is 306 g/mol. The van der Waals surface area contributed by atoms with Crippen molar-refractivity contribution in [1.29, 1.82) is 0 Å². The standard InChI is InChI=1S/C14H18BrN3O/c1-7-6-10(19-5)8(2)9(3)11(7)13-12(15)14(16)18(4)17-13/h6H,16H2,1-5H3. The lowest BCUT2D eigenvalue weighted by Gasteiger charge is -2.14. The van der Waals surface area contributed by atoms with Crippen molar-refractivity contribution in [1.82, 2.24) is 9.78 Å². The molecule has 0 aliphatic carbocycles. The fourth-order valence-corrected chi connectivity index (χ4v) is 2.83. The van der Waals surface area contributed by atoms with E-state index in [-0.39, 0.29) is 0 Å². The number of nitrogens with zero attached hydrogens (tertiary/aromatic N) is 2. The molecule has 1 aromatic heterocycles. The van der Waals surface area contributed by atoms with Crippen LogP contribution in [-0.2, 0) is 7.05 Å². The molecule has 5 heteroatoms. The van der Waals surface area contributed by atoms with Gasteiger partial charge in [-0.25, -0.2) is 0 Å². The van der Waals surface area contributed by atoms with Crippen LogP contribution in [0.15, 0.2) is 10.5 Å². The highest BCUT2D eigenvalue weighted by molar-refractivity contribution is 9.10. The summed E-state index contributed by atoms with van der Waals surface area (Å²) in [6.45, 7) is 6.19. The van der Waals surface area contributed by atoms with E-state index in [0.29, 0.717) is 5.82 Å². The van der Waals surface area contributed by atoms with Crippen LogP contribution in [0.25, 0.3) is 11.3 Å². The zero-order chi connectivity index (χ0) is 14.3. The van der Waals surface area contributed by atoms with Crippen LogP contribution in [0, 0.1) is 20.8 Å². The minimum Gasteiger partial charge on any atom is -0.496 e. The zero-order valence-corrected chi connectivity index (χ0v) is 13.4. The number of methoxy groups -OCH3 is 1. The summed E-state index contributed by atoms with van der Waals surface area (Å²) in [6.07, 6.45) is 0. The number of aryl methyl sites for hydroxylation is 2. The Morgan fingerprint density at radius 3 is 2.37 bits per heavy atom. The molecule has 2 aromatic rings. The zero-order valence-electron chi connectivity index (χ0n) is 11.8. The van der Waals surface area contributed by atoms with Crippen molar-refractivity contribution in [2.45, 2.75) is 20.8 Å². The lowest BCUT2D eigenvalue weighted by molar-refractivity contribution is 0.411. The smallest absolute Gasteiger partial charge is 0.136 e. The Morgan fingerprint density at radius 1 is 1.26 bits per heavy atom. The van der Waals surface area contributed by atoms with Gasteiger partial charge in [0, 0.05) is 12.6 Å². The number of nitrogen functional groups attached to an aromatic ring is 1. The molecule has 2 N–H and O–H groups in total. The third-order valence-corrected chi connectivity index (χ3v) is 4.32. The Kier molecular flexibility index (Phi) is 3.58. The van der Waals surface area contributed by atoms with Gasteiger partial charge in [0.15, 0.2) is 0 Å². The molecule has 0 aliphatic heterocycles. The van der Waals surface area contributed by atoms with Crippen molar-refractivity contribution in [2.24, 2.45) is 7.05 Å². The van der Waals surface area contributed by atoms with Crippen LogP contribution in [0.1, 0.15) is 16.7 Å². The predicted octanol–water partition coefficient (Wildman–Crippen LogP) is 3.37. The number of hydrogen-bond acceptors (Lipinski definition) is 3. The molecule has 0 radical (unpaired) electrons. The minimum absolute atomic E-state index is 0.627. The van der Waals surface area contributed by atoms with E-state index < -0.39 is 0 Å². The maximum Gasteiger partial charge on any atom is 0.136 e. The highest BCUT2D eigenvalue weighted by Gasteiger charge is 2.19. The fourth-order valence-electron chi connectivity index (χ4n) is 2.29. The van der Waals surface area contributed by atoms with Crippen molar-refractivity contribution in [3.8, 4) is 17.0 Å². The molecular formula is C14H18BrN3O. The molecule has 0 unspecified atom stereocenters. The van der Waals surface area contributed by atoms with Gasteiger partial charge in [-0.05, 0) is 59.5 Å². The highest BCUT2D eigenvalue weighted by Crippen LogP contribution is 2.39. The van der Waals surface area contributed by atoms with Gasteiger partial charge in [0.25, 0.3) is 0 Å². The van der Waals surface area contributed by atoms with Gasteiger partial charge in [-0.15, -0.1) is 0 Å². The largest absolute Gasteiger partial charge is 0.496 e. The van der Waals surface area contributed by atoms with Crippen LogP contribution in [0.4, 0.5) is 5.82 Å². The molecule has 0 saturated heterocycles. The molecule has 19 heavy (non-hydrogen) atoms. The molecule has 4 nitrogen and oxygen atoms in total. The molecule has 1 heterocycles. The Labute approximate surface area is 121 Å². The molecule has 0 spiro atoms. The normalized spacial score (nSPS) is 10.8. The van der Waals surface area contributed by atoms with Crippen molar-refractivity contribution < 1.29 is 4.74 Å². The van der Waals surface area contributed by atoms with Crippen LogP contribution >= 0.6 is 15.9 Å². The van der Waals surface area contributed by atoms with Crippen molar-refractivity contribution in [3.05, 3.63) is 27.2 Å². The monoisotopic (exact) mass is 323 g/mol. The maximum absolute atomic E-state index is 5.96. The Bertz CT molecular complexity index is 647. The summed E-state index contributed by atoms with van der Waals surface area (Å²) in [4.78, 5) is 0. The lowest BCUT2D eigenvalue weighted by Crippen LogP contribution is -1.98. The van der Waals surface area contributed by atoms with E-state index in [9.17, 15) is 0 Å². The second-order valence-electron chi connectivity index (χ2n) is 4.69. The van der Waals surface area contributed by atoms with E-state index in [2.05, 4.69) is 41.8 Å². The maximum atomic E-state index is 5.96. The van der Waals surface area contributed by atoms with Gasteiger partial charge in [0.1, 0.15) is 17.3 Å². The number of anilines is 1. The van der Waals surface area contributed by atoms with Crippen LogP contribution in [0.2, 0.25) is 0 Å². The molecule has 1 aromatic carbocycles. The quantitative estimate of drug-likeness (QED) is 0.921. The number of rotatable bonds is 2. The second-order valence-corrected chi connectivity index (χ2v) is 5.49. The second kappa shape index (κ2) is 4.89. The Morgan fingerprint density at radius 2 is 1.89 bits per heavy atom. The number of hydrogen-bond donors (Lipinski definition) is 1. The number of aromatic nitrogens is 2. The van der Waals surface area contributed by atoms with Gasteiger partial charge in [-0.2, -0.15) is 5.10 Å². The van der Waals surface area contributed by atoms with E-state index >= 15 is 0 Å². The fraction of sp³-hybridized carbons (Fsp3) is 0.357. The third-order valence-electron chi connectivity index (χ3n) is 3.54. The van der Waals surface area contributed by atoms with Crippen LogP contribution in [-0.4, -0.2) is 16.9 Å². The summed E-state index contributed by atoms with van der Waals surface area (Å²) >= 11 is 3.53. The first kappa shape index (κ1) is 13.9. The van der Waals surface area contributed by atoms with Crippen molar-refractivity contribution >= 4 is 21.7 Å². The first-order valence-electron chi connectivity index (χ1n) is 6.01. The molecule has 0 bridgehead atoms. The minimum atomic E-state index is 0.627. The molecule has 102 valence electrons. The Hall–Kier alpha value is -1.49. The molecule has 0 amide bonds. The van der Waals surface area contributed by atoms with Gasteiger partial charge in [-0.1, -0.05) is 0 Å². The number of halogens is 1. The SMILES string of the molecule is COc1cc(C)c(-c2nn(C)c(N)c2Br)c(C)c1C. The first-order chi connectivity index (χ1) is 8.88. The third kappa shape index (κ3) is 2.12.